The SMILES string of the molecule is COC(=O)[C@H]1CCCN1c1cc(C(F)(F)F)nc2ncnn12. The summed E-state index contributed by atoms with van der Waals surface area (Å²) in [7, 11) is 1.25. The molecule has 0 aliphatic carbocycles. The fraction of sp³-hybridized carbons (Fsp3) is 0.500. The lowest BCUT2D eigenvalue weighted by Gasteiger charge is -2.25. The Kier molecular flexibility index (Phi) is 3.38. The van der Waals surface area contributed by atoms with Gasteiger partial charge in [-0.3, -0.25) is 0 Å². The maximum Gasteiger partial charge on any atom is 0.433 e. The summed E-state index contributed by atoms with van der Waals surface area (Å²) in [5, 5.41) is 3.89. The van der Waals surface area contributed by atoms with Crippen molar-refractivity contribution < 1.29 is 22.7 Å². The Morgan fingerprint density at radius 2 is 2.23 bits per heavy atom. The van der Waals surface area contributed by atoms with Crippen LogP contribution in [0.15, 0.2) is 12.4 Å². The first-order valence-corrected chi connectivity index (χ1v) is 6.54. The zero-order valence-corrected chi connectivity index (χ0v) is 11.5. The van der Waals surface area contributed by atoms with Gasteiger partial charge in [0.05, 0.1) is 7.11 Å². The highest BCUT2D eigenvalue weighted by Crippen LogP contribution is 2.33. The van der Waals surface area contributed by atoms with Crippen LogP contribution in [0.3, 0.4) is 0 Å². The fourth-order valence-electron chi connectivity index (χ4n) is 2.57. The van der Waals surface area contributed by atoms with Crippen LogP contribution in [0.1, 0.15) is 18.5 Å². The van der Waals surface area contributed by atoms with E-state index in [1.54, 1.807) is 4.90 Å². The van der Waals surface area contributed by atoms with Gasteiger partial charge in [0.25, 0.3) is 5.78 Å². The van der Waals surface area contributed by atoms with Gasteiger partial charge < -0.3 is 9.64 Å². The molecule has 118 valence electrons. The predicted octanol–water partition coefficient (Wildman–Crippen LogP) is 1.28. The maximum absolute atomic E-state index is 13.0. The van der Waals surface area contributed by atoms with E-state index in [0.717, 1.165) is 12.4 Å². The second-order valence-corrected chi connectivity index (χ2v) is 4.84. The third-order valence-electron chi connectivity index (χ3n) is 3.54. The smallest absolute Gasteiger partial charge is 0.433 e. The molecule has 0 aromatic carbocycles. The van der Waals surface area contributed by atoms with Crippen LogP contribution in [0.25, 0.3) is 5.78 Å². The molecule has 1 atom stereocenters. The molecule has 0 bridgehead atoms. The number of rotatable bonds is 2. The van der Waals surface area contributed by atoms with Crippen LogP contribution in [-0.2, 0) is 15.7 Å². The first kappa shape index (κ1) is 14.5. The number of methoxy groups -OCH3 is 1. The number of alkyl halides is 3. The van der Waals surface area contributed by atoms with Gasteiger partial charge in [-0.15, -0.1) is 0 Å². The minimum absolute atomic E-state index is 0.128. The molecule has 0 unspecified atom stereocenters. The number of ether oxygens (including phenoxy) is 1. The van der Waals surface area contributed by atoms with Crippen molar-refractivity contribution in [1.29, 1.82) is 0 Å². The zero-order valence-electron chi connectivity index (χ0n) is 11.5. The van der Waals surface area contributed by atoms with Gasteiger partial charge in [-0.25, -0.2) is 9.78 Å². The number of halogens is 3. The van der Waals surface area contributed by atoms with E-state index in [4.69, 9.17) is 4.74 Å². The molecule has 2 aromatic heterocycles. The summed E-state index contributed by atoms with van der Waals surface area (Å²) in [6.07, 6.45) is -2.32. The number of nitrogens with zero attached hydrogens (tertiary/aromatic N) is 5. The van der Waals surface area contributed by atoms with Crippen molar-refractivity contribution in [2.75, 3.05) is 18.6 Å². The predicted molar refractivity (Wildman–Crippen MR) is 68.2 cm³/mol. The van der Waals surface area contributed by atoms with Crippen LogP contribution >= 0.6 is 0 Å². The Balaban J connectivity index is 2.13. The lowest BCUT2D eigenvalue weighted by Crippen LogP contribution is -2.38. The molecule has 3 heterocycles. The quantitative estimate of drug-likeness (QED) is 0.778. The molecule has 0 spiro atoms. The number of esters is 1. The van der Waals surface area contributed by atoms with Crippen LogP contribution in [0.4, 0.5) is 19.0 Å². The fourth-order valence-corrected chi connectivity index (χ4v) is 2.57. The van der Waals surface area contributed by atoms with Crippen LogP contribution in [0, 0.1) is 0 Å². The van der Waals surface area contributed by atoms with Crippen LogP contribution in [-0.4, -0.2) is 45.2 Å². The second-order valence-electron chi connectivity index (χ2n) is 4.84. The minimum atomic E-state index is -4.61. The molecule has 2 aromatic rings. The van der Waals surface area contributed by atoms with E-state index in [0.29, 0.717) is 19.4 Å². The first-order valence-electron chi connectivity index (χ1n) is 6.54. The summed E-state index contributed by atoms with van der Waals surface area (Å²) in [4.78, 5) is 20.5. The summed E-state index contributed by atoms with van der Waals surface area (Å²) in [5.74, 6) is -0.529. The molecular weight excluding hydrogens is 303 g/mol. The maximum atomic E-state index is 13.0. The lowest BCUT2D eigenvalue weighted by atomic mass is 10.2. The number of hydrogen-bond acceptors (Lipinski definition) is 6. The highest BCUT2D eigenvalue weighted by atomic mass is 19.4. The Morgan fingerprint density at radius 1 is 1.45 bits per heavy atom. The summed E-state index contributed by atoms with van der Waals surface area (Å²) < 4.78 is 44.8. The highest BCUT2D eigenvalue weighted by molar-refractivity contribution is 5.80. The Morgan fingerprint density at radius 3 is 2.91 bits per heavy atom. The highest BCUT2D eigenvalue weighted by Gasteiger charge is 2.38. The van der Waals surface area contributed by atoms with Gasteiger partial charge in [0.2, 0.25) is 0 Å². The molecule has 22 heavy (non-hydrogen) atoms. The molecule has 1 aliphatic rings. The van der Waals surface area contributed by atoms with Crippen LogP contribution < -0.4 is 4.90 Å². The van der Waals surface area contributed by atoms with E-state index in [1.165, 1.54) is 11.6 Å². The van der Waals surface area contributed by atoms with E-state index < -0.39 is 23.9 Å². The zero-order chi connectivity index (χ0) is 15.9. The molecule has 10 heteroatoms. The van der Waals surface area contributed by atoms with E-state index in [2.05, 4.69) is 15.1 Å². The van der Waals surface area contributed by atoms with E-state index in [9.17, 15) is 18.0 Å². The second kappa shape index (κ2) is 5.11. The largest absolute Gasteiger partial charge is 0.467 e. The Labute approximate surface area is 122 Å². The van der Waals surface area contributed by atoms with Gasteiger partial charge in [0.15, 0.2) is 5.69 Å². The molecule has 0 amide bonds. The molecule has 0 radical (unpaired) electrons. The van der Waals surface area contributed by atoms with Gasteiger partial charge in [0.1, 0.15) is 18.2 Å². The summed E-state index contributed by atoms with van der Waals surface area (Å²) >= 11 is 0. The lowest BCUT2D eigenvalue weighted by molar-refractivity contribution is -0.142. The monoisotopic (exact) mass is 315 g/mol. The molecule has 1 saturated heterocycles. The molecule has 1 fully saturated rings. The van der Waals surface area contributed by atoms with Gasteiger partial charge in [-0.05, 0) is 12.8 Å². The summed E-state index contributed by atoms with van der Waals surface area (Å²) in [5.41, 5.74) is -1.07. The van der Waals surface area contributed by atoms with Crippen LogP contribution in [0.5, 0.6) is 0 Å². The van der Waals surface area contributed by atoms with Gasteiger partial charge in [0, 0.05) is 12.6 Å². The molecular formula is C12H12F3N5O2. The van der Waals surface area contributed by atoms with E-state index in [1.807, 2.05) is 0 Å². The molecule has 0 saturated carbocycles. The summed E-state index contributed by atoms with van der Waals surface area (Å²) in [6.45, 7) is 0.427. The number of hydrogen-bond donors (Lipinski definition) is 0. The Hall–Kier alpha value is -2.39. The van der Waals surface area contributed by atoms with Crippen molar-refractivity contribution in [2.24, 2.45) is 0 Å². The molecule has 0 N–H and O–H groups in total. The topological polar surface area (TPSA) is 72.6 Å². The average Bonchev–Trinajstić information content (AvgIpc) is 3.12. The molecule has 1 aliphatic heterocycles. The van der Waals surface area contributed by atoms with Crippen molar-refractivity contribution >= 4 is 17.6 Å². The van der Waals surface area contributed by atoms with Crippen molar-refractivity contribution in [1.82, 2.24) is 19.6 Å². The minimum Gasteiger partial charge on any atom is -0.467 e. The number of carbonyl (C=O) groups excluding carboxylic acids is 1. The van der Waals surface area contributed by atoms with Crippen molar-refractivity contribution in [3.05, 3.63) is 18.1 Å². The van der Waals surface area contributed by atoms with Crippen molar-refractivity contribution in [3.63, 3.8) is 0 Å². The Bertz CT molecular complexity index is 714. The molecule has 7 nitrogen and oxygen atoms in total. The third-order valence-corrected chi connectivity index (χ3v) is 3.54. The number of fused-ring (bicyclic) bond motifs is 1. The number of anilines is 1. The normalized spacial score (nSPS) is 18.9. The van der Waals surface area contributed by atoms with Crippen LogP contribution in [0.2, 0.25) is 0 Å². The number of carbonyl (C=O) groups is 1. The van der Waals surface area contributed by atoms with Gasteiger partial charge >= 0.3 is 12.1 Å². The van der Waals surface area contributed by atoms with E-state index in [-0.39, 0.29) is 11.6 Å². The van der Waals surface area contributed by atoms with Crippen molar-refractivity contribution in [2.45, 2.75) is 25.1 Å². The van der Waals surface area contributed by atoms with E-state index >= 15 is 0 Å². The first-order chi connectivity index (χ1) is 10.4. The summed E-state index contributed by atoms with van der Waals surface area (Å²) in [6, 6.07) is 0.240. The number of aromatic nitrogens is 4. The third kappa shape index (κ3) is 2.34. The van der Waals surface area contributed by atoms with Gasteiger partial charge in [-0.2, -0.15) is 27.8 Å². The van der Waals surface area contributed by atoms with Crippen molar-refractivity contribution in [3.8, 4) is 0 Å². The van der Waals surface area contributed by atoms with Gasteiger partial charge in [-0.1, -0.05) is 0 Å². The average molecular weight is 315 g/mol. The standard InChI is InChI=1S/C12H12F3N5O2/c1-22-10(21)7-3-2-4-19(7)9-5-8(12(13,14)15)18-11-16-6-17-20(9)11/h5-7H,2-4H2,1H3/t7-/m1/s1. The molecule has 3 rings (SSSR count).